The topological polar surface area (TPSA) is 78.7 Å². The first-order valence-electron chi connectivity index (χ1n) is 8.38. The number of hydrogen-bond acceptors (Lipinski definition) is 5. The van der Waals surface area contributed by atoms with Gasteiger partial charge < -0.3 is 9.47 Å². The molecule has 138 valence electrons. The largest absolute Gasteiger partial charge is 0.482 e. The van der Waals surface area contributed by atoms with Crippen molar-refractivity contribution in [3.05, 3.63) is 69.8 Å². The van der Waals surface area contributed by atoms with Crippen molar-refractivity contribution in [2.75, 3.05) is 6.61 Å². The fraction of sp³-hybridized carbons (Fsp3) is 0.316. The van der Waals surface area contributed by atoms with Crippen LogP contribution in [0.5, 0.6) is 5.75 Å². The van der Waals surface area contributed by atoms with Crippen LogP contribution in [-0.2, 0) is 11.3 Å². The summed E-state index contributed by atoms with van der Waals surface area (Å²) in [5, 5.41) is 11.3. The van der Waals surface area contributed by atoms with Crippen molar-refractivity contribution in [3.8, 4) is 5.75 Å². The van der Waals surface area contributed by atoms with Gasteiger partial charge in [-0.15, -0.1) is 0 Å². The van der Waals surface area contributed by atoms with Gasteiger partial charge in [-0.05, 0) is 23.7 Å². The molecule has 0 unspecified atom stereocenters. The van der Waals surface area contributed by atoms with E-state index in [1.54, 1.807) is 0 Å². The number of nitro benzene ring substituents is 1. The third-order valence-electron chi connectivity index (χ3n) is 3.71. The minimum atomic E-state index is -1.31. The zero-order valence-corrected chi connectivity index (χ0v) is 16.2. The van der Waals surface area contributed by atoms with E-state index in [2.05, 4.69) is 19.6 Å². The van der Waals surface area contributed by atoms with Gasteiger partial charge in [-0.3, -0.25) is 10.1 Å². The third-order valence-corrected chi connectivity index (χ3v) is 5.42. The third kappa shape index (κ3) is 6.00. The summed E-state index contributed by atoms with van der Waals surface area (Å²) < 4.78 is 10.8. The Morgan fingerprint density at radius 3 is 2.42 bits per heavy atom. The van der Waals surface area contributed by atoms with Crippen molar-refractivity contribution in [1.82, 2.24) is 0 Å². The molecule has 2 aromatic carbocycles. The molecule has 2 aromatic rings. The molecular formula is C19H23NO5Si. The summed E-state index contributed by atoms with van der Waals surface area (Å²) in [4.78, 5) is 22.9. The molecule has 0 aliphatic rings. The Bertz CT molecular complexity index is 771. The van der Waals surface area contributed by atoms with Crippen LogP contribution in [0.25, 0.3) is 0 Å². The molecule has 0 saturated heterocycles. The lowest BCUT2D eigenvalue weighted by Crippen LogP contribution is -2.22. The van der Waals surface area contributed by atoms with Gasteiger partial charge in [-0.1, -0.05) is 50.0 Å². The predicted octanol–water partition coefficient (Wildman–Crippen LogP) is 4.67. The Balaban J connectivity index is 2.07. The average molecular weight is 373 g/mol. The average Bonchev–Trinajstić information content (AvgIpc) is 2.59. The molecule has 0 spiro atoms. The van der Waals surface area contributed by atoms with Crippen molar-refractivity contribution in [2.24, 2.45) is 0 Å². The number of nitrogens with zero attached hydrogens (tertiary/aromatic N) is 1. The Morgan fingerprint density at radius 1 is 1.12 bits per heavy atom. The molecule has 2 rings (SSSR count). The summed E-state index contributed by atoms with van der Waals surface area (Å²) >= 11 is 0. The van der Waals surface area contributed by atoms with Crippen LogP contribution in [0.1, 0.15) is 15.9 Å². The standard InChI is InChI=1S/C19H23NO5Si/c1-26(2,3)12-11-24-19(21)16-9-10-18(17(13-16)20(22)23)25-14-15-7-5-4-6-8-15/h4-10,13H,11-12,14H2,1-3H3. The Labute approximate surface area is 153 Å². The maximum absolute atomic E-state index is 12.1. The monoisotopic (exact) mass is 373 g/mol. The summed E-state index contributed by atoms with van der Waals surface area (Å²) in [5.74, 6) is -0.432. The van der Waals surface area contributed by atoms with Crippen LogP contribution in [0.3, 0.4) is 0 Å². The van der Waals surface area contributed by atoms with Crippen molar-refractivity contribution >= 4 is 19.7 Å². The molecule has 0 saturated carbocycles. The van der Waals surface area contributed by atoms with E-state index in [-0.39, 0.29) is 23.6 Å². The van der Waals surface area contributed by atoms with E-state index in [9.17, 15) is 14.9 Å². The molecule has 0 aliphatic heterocycles. The van der Waals surface area contributed by atoms with E-state index in [0.29, 0.717) is 6.61 Å². The van der Waals surface area contributed by atoms with Gasteiger partial charge in [0.2, 0.25) is 0 Å². The lowest BCUT2D eigenvalue weighted by atomic mass is 10.2. The molecule has 0 N–H and O–H groups in total. The molecule has 0 atom stereocenters. The summed E-state index contributed by atoms with van der Waals surface area (Å²) in [5.41, 5.74) is 0.802. The molecule has 26 heavy (non-hydrogen) atoms. The van der Waals surface area contributed by atoms with Crippen LogP contribution in [0.2, 0.25) is 25.7 Å². The van der Waals surface area contributed by atoms with E-state index in [0.717, 1.165) is 11.6 Å². The van der Waals surface area contributed by atoms with Gasteiger partial charge in [0.1, 0.15) is 6.61 Å². The minimum Gasteiger partial charge on any atom is -0.482 e. The van der Waals surface area contributed by atoms with E-state index in [4.69, 9.17) is 9.47 Å². The predicted molar refractivity (Wildman–Crippen MR) is 102 cm³/mol. The van der Waals surface area contributed by atoms with Gasteiger partial charge in [0.15, 0.2) is 5.75 Å². The molecule has 0 bridgehead atoms. The van der Waals surface area contributed by atoms with Crippen molar-refractivity contribution in [1.29, 1.82) is 0 Å². The molecule has 0 amide bonds. The zero-order valence-electron chi connectivity index (χ0n) is 15.2. The van der Waals surface area contributed by atoms with Crippen LogP contribution in [0.15, 0.2) is 48.5 Å². The second-order valence-electron chi connectivity index (χ2n) is 7.16. The highest BCUT2D eigenvalue weighted by molar-refractivity contribution is 6.76. The van der Waals surface area contributed by atoms with Gasteiger partial charge in [-0.25, -0.2) is 4.79 Å². The maximum atomic E-state index is 12.1. The summed E-state index contributed by atoms with van der Waals surface area (Å²) in [6.45, 7) is 7.09. The minimum absolute atomic E-state index is 0.123. The number of nitro groups is 1. The SMILES string of the molecule is C[Si](C)(C)CCOC(=O)c1ccc(OCc2ccccc2)c([N+](=O)[O-])c1. The summed E-state index contributed by atoms with van der Waals surface area (Å²) in [7, 11) is -1.31. The molecule has 0 radical (unpaired) electrons. The molecule has 0 fully saturated rings. The Hall–Kier alpha value is -2.67. The van der Waals surface area contributed by atoms with E-state index < -0.39 is 19.0 Å². The maximum Gasteiger partial charge on any atom is 0.338 e. The molecule has 7 heteroatoms. The van der Waals surface area contributed by atoms with Crippen LogP contribution < -0.4 is 4.74 Å². The quantitative estimate of drug-likeness (QED) is 0.291. The Kier molecular flexibility index (Phi) is 6.51. The summed E-state index contributed by atoms with van der Waals surface area (Å²) in [6, 6.07) is 14.3. The lowest BCUT2D eigenvalue weighted by Gasteiger charge is -2.15. The Morgan fingerprint density at radius 2 is 1.81 bits per heavy atom. The number of hydrogen-bond donors (Lipinski definition) is 0. The van der Waals surface area contributed by atoms with Gasteiger partial charge in [0.05, 0.1) is 17.1 Å². The smallest absolute Gasteiger partial charge is 0.338 e. The van der Waals surface area contributed by atoms with Crippen LogP contribution in [0.4, 0.5) is 5.69 Å². The number of esters is 1. The first-order valence-corrected chi connectivity index (χ1v) is 12.1. The normalized spacial score (nSPS) is 11.0. The van der Waals surface area contributed by atoms with Gasteiger partial charge in [-0.2, -0.15) is 0 Å². The van der Waals surface area contributed by atoms with E-state index in [1.165, 1.54) is 18.2 Å². The van der Waals surface area contributed by atoms with Gasteiger partial charge >= 0.3 is 11.7 Å². The number of carbonyl (C=O) groups is 1. The number of benzene rings is 2. The van der Waals surface area contributed by atoms with E-state index >= 15 is 0 Å². The van der Waals surface area contributed by atoms with Crippen LogP contribution >= 0.6 is 0 Å². The molecule has 0 heterocycles. The number of rotatable bonds is 8. The zero-order chi connectivity index (χ0) is 19.2. The number of ether oxygens (including phenoxy) is 2. The highest BCUT2D eigenvalue weighted by Crippen LogP contribution is 2.29. The van der Waals surface area contributed by atoms with Gasteiger partial charge in [0.25, 0.3) is 0 Å². The molecular weight excluding hydrogens is 350 g/mol. The highest BCUT2D eigenvalue weighted by atomic mass is 28.3. The van der Waals surface area contributed by atoms with E-state index in [1.807, 2.05) is 30.3 Å². The second-order valence-corrected chi connectivity index (χ2v) is 12.8. The summed E-state index contributed by atoms with van der Waals surface area (Å²) in [6.07, 6.45) is 0. The highest BCUT2D eigenvalue weighted by Gasteiger charge is 2.20. The molecule has 0 aromatic heterocycles. The van der Waals surface area contributed by atoms with Crippen LogP contribution in [0, 0.1) is 10.1 Å². The van der Waals surface area contributed by atoms with Gasteiger partial charge in [0, 0.05) is 14.1 Å². The number of carbonyl (C=O) groups excluding carboxylic acids is 1. The first-order chi connectivity index (χ1) is 12.3. The fourth-order valence-corrected chi connectivity index (χ4v) is 2.89. The lowest BCUT2D eigenvalue weighted by molar-refractivity contribution is -0.386. The van der Waals surface area contributed by atoms with Crippen molar-refractivity contribution in [3.63, 3.8) is 0 Å². The van der Waals surface area contributed by atoms with Crippen molar-refractivity contribution in [2.45, 2.75) is 32.3 Å². The second kappa shape index (κ2) is 8.62. The van der Waals surface area contributed by atoms with Crippen LogP contribution in [-0.4, -0.2) is 25.6 Å². The first kappa shape index (κ1) is 19.6. The molecule has 6 nitrogen and oxygen atoms in total. The van der Waals surface area contributed by atoms with Crippen molar-refractivity contribution < 1.29 is 19.2 Å². The fourth-order valence-electron chi connectivity index (χ4n) is 2.18. The molecule has 0 aliphatic carbocycles.